The summed E-state index contributed by atoms with van der Waals surface area (Å²) in [6.07, 6.45) is 2.52. The Kier molecular flexibility index (Phi) is 8.11. The van der Waals surface area contributed by atoms with Crippen LogP contribution in [0.25, 0.3) is 0 Å². The SMILES string of the molecule is CCN(CC(=O)O)C1CC(NC(=O)Nc2ccc(C)c(OCCC(C)C)c2)C1. The summed E-state index contributed by atoms with van der Waals surface area (Å²) in [5.41, 5.74) is 1.73. The lowest BCUT2D eigenvalue weighted by atomic mass is 9.85. The number of hydrogen-bond acceptors (Lipinski definition) is 4. The molecule has 1 aliphatic rings. The van der Waals surface area contributed by atoms with Gasteiger partial charge in [-0.3, -0.25) is 9.69 Å². The van der Waals surface area contributed by atoms with Crippen molar-refractivity contribution in [1.82, 2.24) is 10.2 Å². The molecule has 156 valence electrons. The van der Waals surface area contributed by atoms with Crippen molar-refractivity contribution in [2.75, 3.05) is 25.0 Å². The van der Waals surface area contributed by atoms with E-state index in [1.165, 1.54) is 0 Å². The van der Waals surface area contributed by atoms with Crippen LogP contribution in [0, 0.1) is 12.8 Å². The van der Waals surface area contributed by atoms with E-state index in [-0.39, 0.29) is 24.7 Å². The Morgan fingerprint density at radius 3 is 2.64 bits per heavy atom. The molecule has 7 nitrogen and oxygen atoms in total. The number of carboxylic acid groups (broad SMARTS) is 1. The molecule has 3 N–H and O–H groups in total. The Morgan fingerprint density at radius 1 is 1.32 bits per heavy atom. The second-order valence-corrected chi connectivity index (χ2v) is 7.89. The van der Waals surface area contributed by atoms with Gasteiger partial charge in [0.25, 0.3) is 0 Å². The van der Waals surface area contributed by atoms with Gasteiger partial charge in [-0.1, -0.05) is 26.8 Å². The molecule has 0 saturated heterocycles. The average molecular weight is 392 g/mol. The highest BCUT2D eigenvalue weighted by molar-refractivity contribution is 5.89. The molecule has 28 heavy (non-hydrogen) atoms. The van der Waals surface area contributed by atoms with E-state index < -0.39 is 5.97 Å². The number of carbonyl (C=O) groups is 2. The highest BCUT2D eigenvalue weighted by Crippen LogP contribution is 2.26. The molecule has 2 rings (SSSR count). The summed E-state index contributed by atoms with van der Waals surface area (Å²) >= 11 is 0. The van der Waals surface area contributed by atoms with Crippen LogP contribution in [-0.2, 0) is 4.79 Å². The molecular weight excluding hydrogens is 358 g/mol. The largest absolute Gasteiger partial charge is 0.493 e. The van der Waals surface area contributed by atoms with Gasteiger partial charge < -0.3 is 20.5 Å². The third kappa shape index (κ3) is 6.71. The number of benzene rings is 1. The molecule has 0 aliphatic heterocycles. The fraction of sp³-hybridized carbons (Fsp3) is 0.619. The van der Waals surface area contributed by atoms with Gasteiger partial charge in [0.1, 0.15) is 5.75 Å². The van der Waals surface area contributed by atoms with Crippen LogP contribution in [0.4, 0.5) is 10.5 Å². The predicted molar refractivity (Wildman–Crippen MR) is 110 cm³/mol. The van der Waals surface area contributed by atoms with Crippen molar-refractivity contribution in [2.24, 2.45) is 5.92 Å². The van der Waals surface area contributed by atoms with E-state index in [0.717, 1.165) is 30.6 Å². The van der Waals surface area contributed by atoms with Gasteiger partial charge in [-0.25, -0.2) is 4.79 Å². The van der Waals surface area contributed by atoms with Crippen molar-refractivity contribution in [2.45, 2.75) is 59.0 Å². The topological polar surface area (TPSA) is 90.9 Å². The molecule has 0 atom stereocenters. The Morgan fingerprint density at radius 2 is 2.04 bits per heavy atom. The lowest BCUT2D eigenvalue weighted by molar-refractivity contribution is -0.139. The maximum atomic E-state index is 12.3. The minimum atomic E-state index is -0.818. The first kappa shape index (κ1) is 22.0. The zero-order valence-corrected chi connectivity index (χ0v) is 17.3. The van der Waals surface area contributed by atoms with Gasteiger partial charge in [-0.2, -0.15) is 0 Å². The number of carboxylic acids is 1. The molecule has 0 spiro atoms. The Balaban J connectivity index is 1.80. The number of nitrogens with one attached hydrogen (secondary N) is 2. The second-order valence-electron chi connectivity index (χ2n) is 7.89. The number of rotatable bonds is 10. The second kappa shape index (κ2) is 10.3. The summed E-state index contributed by atoms with van der Waals surface area (Å²) < 4.78 is 5.84. The highest BCUT2D eigenvalue weighted by atomic mass is 16.5. The van der Waals surface area contributed by atoms with Crippen LogP contribution >= 0.6 is 0 Å². The molecule has 0 unspecified atom stereocenters. The van der Waals surface area contributed by atoms with Crippen molar-refractivity contribution >= 4 is 17.7 Å². The van der Waals surface area contributed by atoms with Crippen LogP contribution in [0.3, 0.4) is 0 Å². The number of aryl methyl sites for hydroxylation is 1. The highest BCUT2D eigenvalue weighted by Gasteiger charge is 2.34. The van der Waals surface area contributed by atoms with Gasteiger partial charge in [0.15, 0.2) is 0 Å². The normalized spacial score (nSPS) is 18.6. The third-order valence-corrected chi connectivity index (χ3v) is 5.11. The Hall–Kier alpha value is -2.28. The number of likely N-dealkylation sites (N-methyl/N-ethyl adjacent to an activating group) is 1. The van der Waals surface area contributed by atoms with Crippen molar-refractivity contribution in [1.29, 1.82) is 0 Å². The molecule has 0 heterocycles. The van der Waals surface area contributed by atoms with E-state index in [4.69, 9.17) is 9.84 Å². The molecule has 7 heteroatoms. The third-order valence-electron chi connectivity index (χ3n) is 5.11. The van der Waals surface area contributed by atoms with Crippen molar-refractivity contribution in [3.8, 4) is 5.75 Å². The maximum Gasteiger partial charge on any atom is 0.319 e. The van der Waals surface area contributed by atoms with Crippen LogP contribution in [-0.4, -0.2) is 53.8 Å². The number of amides is 2. The summed E-state index contributed by atoms with van der Waals surface area (Å²) in [6.45, 7) is 9.65. The summed E-state index contributed by atoms with van der Waals surface area (Å²) in [4.78, 5) is 25.1. The number of nitrogens with zero attached hydrogens (tertiary/aromatic N) is 1. The summed E-state index contributed by atoms with van der Waals surface area (Å²) in [5, 5.41) is 14.8. The zero-order chi connectivity index (χ0) is 20.7. The number of hydrogen-bond donors (Lipinski definition) is 3. The zero-order valence-electron chi connectivity index (χ0n) is 17.3. The molecule has 2 amide bonds. The molecule has 1 aromatic rings. The monoisotopic (exact) mass is 391 g/mol. The Labute approximate surface area is 167 Å². The maximum absolute atomic E-state index is 12.3. The fourth-order valence-electron chi connectivity index (χ4n) is 3.27. The van der Waals surface area contributed by atoms with Crippen LogP contribution in [0.1, 0.15) is 45.6 Å². The van der Waals surface area contributed by atoms with Crippen LogP contribution in [0.5, 0.6) is 5.75 Å². The predicted octanol–water partition coefficient (Wildman–Crippen LogP) is 3.48. The van der Waals surface area contributed by atoms with Crippen LogP contribution in [0.15, 0.2) is 18.2 Å². The number of carbonyl (C=O) groups excluding carboxylic acids is 1. The standard InChI is InChI=1S/C21H33N3O4/c1-5-24(13-20(25)26)18-10-17(11-18)23-21(27)22-16-7-6-15(4)19(12-16)28-9-8-14(2)3/h6-7,12,14,17-18H,5,8-11,13H2,1-4H3,(H,25,26)(H2,22,23,27). The molecule has 0 radical (unpaired) electrons. The fourth-order valence-corrected chi connectivity index (χ4v) is 3.27. The van der Waals surface area contributed by atoms with Crippen molar-refractivity contribution in [3.05, 3.63) is 23.8 Å². The van der Waals surface area contributed by atoms with E-state index in [1.54, 1.807) is 0 Å². The summed E-state index contributed by atoms with van der Waals surface area (Å²) in [5.74, 6) is 0.550. The van der Waals surface area contributed by atoms with Crippen molar-refractivity contribution in [3.63, 3.8) is 0 Å². The van der Waals surface area contributed by atoms with E-state index in [9.17, 15) is 9.59 Å². The van der Waals surface area contributed by atoms with Gasteiger partial charge in [-0.15, -0.1) is 0 Å². The minimum Gasteiger partial charge on any atom is -0.493 e. The average Bonchev–Trinajstić information content (AvgIpc) is 2.58. The van der Waals surface area contributed by atoms with E-state index in [0.29, 0.717) is 24.8 Å². The van der Waals surface area contributed by atoms with Crippen molar-refractivity contribution < 1.29 is 19.4 Å². The minimum absolute atomic E-state index is 0.0447. The number of aliphatic carboxylic acids is 1. The number of anilines is 1. The number of ether oxygens (including phenoxy) is 1. The molecule has 0 aromatic heterocycles. The first-order valence-electron chi connectivity index (χ1n) is 10.0. The quantitative estimate of drug-likeness (QED) is 0.568. The Bertz CT molecular complexity index is 672. The smallest absolute Gasteiger partial charge is 0.319 e. The molecule has 1 fully saturated rings. The first-order valence-corrected chi connectivity index (χ1v) is 10.0. The van der Waals surface area contributed by atoms with Gasteiger partial charge in [0.05, 0.1) is 13.2 Å². The molecule has 1 saturated carbocycles. The molecule has 1 aromatic carbocycles. The van der Waals surface area contributed by atoms with E-state index in [2.05, 4.69) is 24.5 Å². The lowest BCUT2D eigenvalue weighted by Crippen LogP contribution is -2.55. The van der Waals surface area contributed by atoms with Crippen LogP contribution < -0.4 is 15.4 Å². The van der Waals surface area contributed by atoms with E-state index >= 15 is 0 Å². The summed E-state index contributed by atoms with van der Waals surface area (Å²) in [6, 6.07) is 5.68. The number of urea groups is 1. The first-order chi connectivity index (χ1) is 13.3. The van der Waals surface area contributed by atoms with E-state index in [1.807, 2.05) is 36.9 Å². The molecular formula is C21H33N3O4. The summed E-state index contributed by atoms with van der Waals surface area (Å²) in [7, 11) is 0. The van der Waals surface area contributed by atoms with Gasteiger partial charge in [0, 0.05) is 23.8 Å². The molecule has 1 aliphatic carbocycles. The van der Waals surface area contributed by atoms with Gasteiger partial charge in [-0.05, 0) is 50.3 Å². The van der Waals surface area contributed by atoms with Gasteiger partial charge >= 0.3 is 12.0 Å². The molecule has 0 bridgehead atoms. The van der Waals surface area contributed by atoms with Gasteiger partial charge in [0.2, 0.25) is 0 Å². The van der Waals surface area contributed by atoms with Crippen LogP contribution in [0.2, 0.25) is 0 Å². The lowest BCUT2D eigenvalue weighted by Gasteiger charge is -2.42.